The lowest BCUT2D eigenvalue weighted by Crippen LogP contribution is -2.33. The Bertz CT molecular complexity index is 1070. The Labute approximate surface area is 187 Å². The van der Waals surface area contributed by atoms with Crippen LogP contribution in [0.15, 0.2) is 35.0 Å². The van der Waals surface area contributed by atoms with Gasteiger partial charge in [-0.15, -0.1) is 0 Å². The summed E-state index contributed by atoms with van der Waals surface area (Å²) in [6, 6.07) is 7.53. The molecule has 0 saturated carbocycles. The first-order valence-corrected chi connectivity index (χ1v) is 10.7. The summed E-state index contributed by atoms with van der Waals surface area (Å²) in [4.78, 5) is 26.5. The Hall–Kier alpha value is -2.93. The Morgan fingerprint density at radius 2 is 2.00 bits per heavy atom. The van der Waals surface area contributed by atoms with Gasteiger partial charge in [-0.25, -0.2) is 9.97 Å². The lowest BCUT2D eigenvalue weighted by atomic mass is 9.99. The van der Waals surface area contributed by atoms with Crippen molar-refractivity contribution in [1.29, 1.82) is 0 Å². The number of likely N-dealkylation sites (tertiary alicyclic amines) is 1. The summed E-state index contributed by atoms with van der Waals surface area (Å²) in [5.74, 6) is 1.38. The highest BCUT2D eigenvalue weighted by Gasteiger charge is 2.34. The summed E-state index contributed by atoms with van der Waals surface area (Å²) in [5.41, 5.74) is 4.40. The van der Waals surface area contributed by atoms with Gasteiger partial charge in [-0.3, -0.25) is 4.79 Å². The normalized spacial score (nSPS) is 16.0. The SMILES string of the molecule is Cc1noc(C)c1CC(=O)N1CCCC1c1nc(N(C)C)ncc1-c1ccc(Cl)cc1. The maximum absolute atomic E-state index is 13.3. The third-order valence-electron chi connectivity index (χ3n) is 5.76. The van der Waals surface area contributed by atoms with Crippen LogP contribution in [0.4, 0.5) is 5.95 Å². The minimum atomic E-state index is -0.111. The Balaban J connectivity index is 1.71. The highest BCUT2D eigenvalue weighted by atomic mass is 35.5. The van der Waals surface area contributed by atoms with E-state index >= 15 is 0 Å². The van der Waals surface area contributed by atoms with E-state index in [2.05, 4.69) is 10.1 Å². The summed E-state index contributed by atoms with van der Waals surface area (Å²) in [6.45, 7) is 4.41. The van der Waals surface area contributed by atoms with Crippen molar-refractivity contribution in [2.75, 3.05) is 25.5 Å². The van der Waals surface area contributed by atoms with E-state index < -0.39 is 0 Å². The molecule has 1 aromatic carbocycles. The zero-order valence-electron chi connectivity index (χ0n) is 18.2. The number of carbonyl (C=O) groups is 1. The van der Waals surface area contributed by atoms with E-state index in [0.29, 0.717) is 23.3 Å². The molecule has 1 saturated heterocycles. The van der Waals surface area contributed by atoms with Crippen molar-refractivity contribution >= 4 is 23.5 Å². The number of nitrogens with zero attached hydrogens (tertiary/aromatic N) is 5. The van der Waals surface area contributed by atoms with E-state index in [-0.39, 0.29) is 18.4 Å². The number of rotatable bonds is 5. The molecule has 4 rings (SSSR count). The first-order valence-electron chi connectivity index (χ1n) is 10.4. The topological polar surface area (TPSA) is 75.4 Å². The average Bonchev–Trinajstić information content (AvgIpc) is 3.36. The number of benzene rings is 1. The molecule has 1 aliphatic rings. The second-order valence-electron chi connectivity index (χ2n) is 8.09. The second kappa shape index (κ2) is 8.67. The smallest absolute Gasteiger partial charge is 0.227 e. The van der Waals surface area contributed by atoms with E-state index in [0.717, 1.165) is 40.9 Å². The van der Waals surface area contributed by atoms with Crippen LogP contribution in [-0.4, -0.2) is 46.6 Å². The fourth-order valence-electron chi connectivity index (χ4n) is 4.06. The summed E-state index contributed by atoms with van der Waals surface area (Å²) in [6.07, 6.45) is 3.91. The van der Waals surface area contributed by atoms with Gasteiger partial charge in [0.05, 0.1) is 23.9 Å². The van der Waals surface area contributed by atoms with Crippen molar-refractivity contribution in [3.8, 4) is 11.1 Å². The minimum absolute atomic E-state index is 0.0592. The van der Waals surface area contributed by atoms with Gasteiger partial charge < -0.3 is 14.3 Å². The average molecular weight is 440 g/mol. The summed E-state index contributed by atoms with van der Waals surface area (Å²) in [7, 11) is 3.83. The van der Waals surface area contributed by atoms with Crippen LogP contribution in [0.1, 0.15) is 41.6 Å². The van der Waals surface area contributed by atoms with Crippen molar-refractivity contribution in [3.05, 3.63) is 58.2 Å². The highest BCUT2D eigenvalue weighted by Crippen LogP contribution is 2.38. The first kappa shape index (κ1) is 21.3. The molecule has 31 heavy (non-hydrogen) atoms. The number of halogens is 1. The van der Waals surface area contributed by atoms with Crippen LogP contribution in [0.3, 0.4) is 0 Å². The molecule has 3 heterocycles. The van der Waals surface area contributed by atoms with E-state index in [4.69, 9.17) is 21.1 Å². The van der Waals surface area contributed by atoms with Crippen molar-refractivity contribution in [2.24, 2.45) is 0 Å². The molecule has 2 aromatic heterocycles. The maximum Gasteiger partial charge on any atom is 0.227 e. The van der Waals surface area contributed by atoms with Crippen molar-refractivity contribution in [1.82, 2.24) is 20.0 Å². The summed E-state index contributed by atoms with van der Waals surface area (Å²) < 4.78 is 5.24. The van der Waals surface area contributed by atoms with Crippen molar-refractivity contribution < 1.29 is 9.32 Å². The standard InChI is InChI=1S/C23H26ClN5O2/c1-14-18(15(2)31-27-14)12-21(30)29-11-5-6-20(29)22-19(13-25-23(26-22)28(3)4)16-7-9-17(24)10-8-16/h7-10,13,20H,5-6,11-12H2,1-4H3. The largest absolute Gasteiger partial charge is 0.361 e. The van der Waals surface area contributed by atoms with Crippen LogP contribution in [0.2, 0.25) is 5.02 Å². The van der Waals surface area contributed by atoms with Gasteiger partial charge in [0.25, 0.3) is 0 Å². The second-order valence-corrected chi connectivity index (χ2v) is 8.53. The molecule has 8 heteroatoms. The minimum Gasteiger partial charge on any atom is -0.361 e. The van der Waals surface area contributed by atoms with E-state index in [1.165, 1.54) is 0 Å². The van der Waals surface area contributed by atoms with Gasteiger partial charge >= 0.3 is 0 Å². The molecule has 1 unspecified atom stereocenters. The predicted molar refractivity (Wildman–Crippen MR) is 120 cm³/mol. The third kappa shape index (κ3) is 4.28. The quantitative estimate of drug-likeness (QED) is 0.587. The van der Waals surface area contributed by atoms with E-state index in [1.54, 1.807) is 0 Å². The zero-order valence-corrected chi connectivity index (χ0v) is 19.0. The number of amides is 1. The lowest BCUT2D eigenvalue weighted by Gasteiger charge is -2.27. The molecule has 1 atom stereocenters. The van der Waals surface area contributed by atoms with Crippen molar-refractivity contribution in [3.63, 3.8) is 0 Å². The molecule has 0 aliphatic carbocycles. The van der Waals surface area contributed by atoms with Crippen molar-refractivity contribution in [2.45, 2.75) is 39.2 Å². The van der Waals surface area contributed by atoms with Gasteiger partial charge in [-0.1, -0.05) is 28.9 Å². The van der Waals surface area contributed by atoms with Crippen LogP contribution in [0.25, 0.3) is 11.1 Å². The monoisotopic (exact) mass is 439 g/mol. The molecule has 0 radical (unpaired) electrons. The lowest BCUT2D eigenvalue weighted by molar-refractivity contribution is -0.131. The molecule has 3 aromatic rings. The molecular weight excluding hydrogens is 414 g/mol. The van der Waals surface area contributed by atoms with Crippen LogP contribution in [0, 0.1) is 13.8 Å². The van der Waals surface area contributed by atoms with Gasteiger partial charge in [0.1, 0.15) is 5.76 Å². The fraction of sp³-hybridized carbons (Fsp3) is 0.391. The van der Waals surface area contributed by atoms with E-state index in [9.17, 15) is 4.79 Å². The van der Waals surface area contributed by atoms with Crippen LogP contribution < -0.4 is 4.90 Å². The molecule has 0 spiro atoms. The fourth-order valence-corrected chi connectivity index (χ4v) is 4.19. The molecule has 162 valence electrons. The summed E-state index contributed by atoms with van der Waals surface area (Å²) in [5, 5.41) is 4.66. The predicted octanol–water partition coefficient (Wildman–Crippen LogP) is 4.37. The summed E-state index contributed by atoms with van der Waals surface area (Å²) >= 11 is 6.09. The maximum atomic E-state index is 13.3. The van der Waals surface area contributed by atoms with E-state index in [1.807, 2.05) is 68.2 Å². The number of hydrogen-bond acceptors (Lipinski definition) is 6. The van der Waals surface area contributed by atoms with Crippen LogP contribution in [0.5, 0.6) is 0 Å². The Morgan fingerprint density at radius 1 is 1.26 bits per heavy atom. The molecular formula is C23H26ClN5O2. The Morgan fingerprint density at radius 3 is 2.65 bits per heavy atom. The van der Waals surface area contributed by atoms with Crippen LogP contribution >= 0.6 is 11.6 Å². The number of aryl methyl sites for hydroxylation is 2. The third-order valence-corrected chi connectivity index (χ3v) is 6.01. The molecule has 7 nitrogen and oxygen atoms in total. The number of aromatic nitrogens is 3. The molecule has 1 amide bonds. The molecule has 0 N–H and O–H groups in total. The van der Waals surface area contributed by atoms with Gasteiger partial charge in [-0.05, 0) is 44.4 Å². The molecule has 1 aliphatic heterocycles. The highest BCUT2D eigenvalue weighted by molar-refractivity contribution is 6.30. The number of anilines is 1. The van der Waals surface area contributed by atoms with Gasteiger partial charge in [0.2, 0.25) is 11.9 Å². The molecule has 1 fully saturated rings. The number of hydrogen-bond donors (Lipinski definition) is 0. The Kier molecular flexibility index (Phi) is 5.96. The van der Waals surface area contributed by atoms with Gasteiger partial charge in [0.15, 0.2) is 0 Å². The zero-order chi connectivity index (χ0) is 22.1. The van der Waals surface area contributed by atoms with Gasteiger partial charge in [0, 0.05) is 43.0 Å². The molecule has 0 bridgehead atoms. The number of carbonyl (C=O) groups excluding carboxylic acids is 1. The van der Waals surface area contributed by atoms with Crippen LogP contribution in [-0.2, 0) is 11.2 Å². The first-order chi connectivity index (χ1) is 14.8. The van der Waals surface area contributed by atoms with Gasteiger partial charge in [-0.2, -0.15) is 0 Å².